The number of carbonyl (C=O) groups is 3. The fourth-order valence-electron chi connectivity index (χ4n) is 3.66. The average molecular weight is 461 g/mol. The normalized spacial score (nSPS) is 15.9. The number of nitrogens with zero attached hydrogens (tertiary/aromatic N) is 4. The molecule has 0 N–H and O–H groups in total. The lowest BCUT2D eigenvalue weighted by Crippen LogP contribution is -2.47. The van der Waals surface area contributed by atoms with Gasteiger partial charge in [0.15, 0.2) is 0 Å². The molecule has 1 aliphatic heterocycles. The predicted molar refractivity (Wildman–Crippen MR) is 116 cm³/mol. The summed E-state index contributed by atoms with van der Waals surface area (Å²) in [5.74, 6) is -0.912. The SMILES string of the molecule is CCOC(=O)C1CCCN(C(=O)CN(C)C(=O)CCc2nc(-c3ccc(C)c(F)c3)no2)C1. The number of ether oxygens (including phenoxy) is 1. The van der Waals surface area contributed by atoms with E-state index in [0.29, 0.717) is 37.2 Å². The van der Waals surface area contributed by atoms with Gasteiger partial charge in [0, 0.05) is 38.5 Å². The van der Waals surface area contributed by atoms with Crippen LogP contribution >= 0.6 is 0 Å². The molecule has 1 aliphatic rings. The Bertz CT molecular complexity index is 1010. The lowest BCUT2D eigenvalue weighted by molar-refractivity contribution is -0.152. The fraction of sp³-hybridized carbons (Fsp3) is 0.522. The highest BCUT2D eigenvalue weighted by molar-refractivity contribution is 5.85. The molecule has 0 bridgehead atoms. The molecule has 1 atom stereocenters. The van der Waals surface area contributed by atoms with Crippen LogP contribution in [0.1, 0.15) is 37.6 Å². The van der Waals surface area contributed by atoms with Gasteiger partial charge < -0.3 is 19.1 Å². The lowest BCUT2D eigenvalue weighted by atomic mass is 9.98. The molecule has 0 saturated carbocycles. The summed E-state index contributed by atoms with van der Waals surface area (Å²) in [6, 6.07) is 4.67. The zero-order valence-electron chi connectivity index (χ0n) is 19.2. The minimum atomic E-state index is -0.359. The fourth-order valence-corrected chi connectivity index (χ4v) is 3.66. The molecule has 178 valence electrons. The van der Waals surface area contributed by atoms with E-state index in [4.69, 9.17) is 9.26 Å². The van der Waals surface area contributed by atoms with E-state index in [0.717, 1.165) is 6.42 Å². The van der Waals surface area contributed by atoms with Crippen molar-refractivity contribution in [1.82, 2.24) is 19.9 Å². The Balaban J connectivity index is 1.48. The molecule has 2 aromatic rings. The van der Waals surface area contributed by atoms with Crippen molar-refractivity contribution in [3.63, 3.8) is 0 Å². The Hall–Kier alpha value is -3.30. The Morgan fingerprint density at radius 2 is 2.12 bits per heavy atom. The number of esters is 1. The third kappa shape index (κ3) is 6.36. The first-order valence-corrected chi connectivity index (χ1v) is 11.1. The number of amides is 2. The van der Waals surface area contributed by atoms with E-state index in [1.54, 1.807) is 37.9 Å². The van der Waals surface area contributed by atoms with E-state index in [-0.39, 0.29) is 60.6 Å². The molecule has 3 rings (SSSR count). The molecule has 2 heterocycles. The van der Waals surface area contributed by atoms with Crippen LogP contribution in [0, 0.1) is 18.7 Å². The van der Waals surface area contributed by atoms with Gasteiger partial charge in [-0.05, 0) is 38.3 Å². The minimum absolute atomic E-state index is 0.0773. The highest BCUT2D eigenvalue weighted by Crippen LogP contribution is 2.20. The molecule has 0 aliphatic carbocycles. The van der Waals surface area contributed by atoms with Gasteiger partial charge in [-0.3, -0.25) is 14.4 Å². The van der Waals surface area contributed by atoms with E-state index in [9.17, 15) is 18.8 Å². The summed E-state index contributed by atoms with van der Waals surface area (Å²) in [6.45, 7) is 4.51. The van der Waals surface area contributed by atoms with Gasteiger partial charge >= 0.3 is 5.97 Å². The predicted octanol–water partition coefficient (Wildman–Crippen LogP) is 2.38. The summed E-state index contributed by atoms with van der Waals surface area (Å²) >= 11 is 0. The van der Waals surface area contributed by atoms with E-state index in [2.05, 4.69) is 10.1 Å². The Morgan fingerprint density at radius 3 is 2.85 bits per heavy atom. The number of aromatic nitrogens is 2. The van der Waals surface area contributed by atoms with Crippen molar-refractivity contribution in [3.8, 4) is 11.4 Å². The van der Waals surface area contributed by atoms with Gasteiger partial charge in [-0.2, -0.15) is 4.98 Å². The van der Waals surface area contributed by atoms with Crippen LogP contribution in [0.15, 0.2) is 22.7 Å². The van der Waals surface area contributed by atoms with Crippen LogP contribution in [0.4, 0.5) is 4.39 Å². The summed E-state index contributed by atoms with van der Waals surface area (Å²) in [6.07, 6.45) is 1.70. The molecule has 1 saturated heterocycles. The maximum atomic E-state index is 13.8. The van der Waals surface area contributed by atoms with Crippen molar-refractivity contribution in [3.05, 3.63) is 35.5 Å². The molecule has 10 heteroatoms. The maximum Gasteiger partial charge on any atom is 0.310 e. The van der Waals surface area contributed by atoms with Crippen molar-refractivity contribution in [1.29, 1.82) is 0 Å². The topological polar surface area (TPSA) is 106 Å². The van der Waals surface area contributed by atoms with Gasteiger partial charge in [-0.25, -0.2) is 4.39 Å². The van der Waals surface area contributed by atoms with Gasteiger partial charge in [-0.15, -0.1) is 0 Å². The Morgan fingerprint density at radius 1 is 1.33 bits per heavy atom. The minimum Gasteiger partial charge on any atom is -0.466 e. The Kier molecular flexibility index (Phi) is 8.13. The molecule has 1 aromatic heterocycles. The van der Waals surface area contributed by atoms with Crippen molar-refractivity contribution in [2.24, 2.45) is 5.92 Å². The molecule has 33 heavy (non-hydrogen) atoms. The molecule has 1 unspecified atom stereocenters. The zero-order valence-corrected chi connectivity index (χ0v) is 19.2. The quantitative estimate of drug-likeness (QED) is 0.557. The van der Waals surface area contributed by atoms with Crippen LogP contribution in [-0.2, 0) is 25.5 Å². The molecule has 0 radical (unpaired) electrons. The van der Waals surface area contributed by atoms with E-state index in [1.807, 2.05) is 0 Å². The summed E-state index contributed by atoms with van der Waals surface area (Å²) in [5.41, 5.74) is 1.01. The van der Waals surface area contributed by atoms with Crippen LogP contribution in [-0.4, -0.2) is 71.0 Å². The van der Waals surface area contributed by atoms with Crippen LogP contribution in [0.25, 0.3) is 11.4 Å². The number of rotatable bonds is 8. The first-order valence-electron chi connectivity index (χ1n) is 11.1. The van der Waals surface area contributed by atoms with Crippen molar-refractivity contribution in [2.75, 3.05) is 33.3 Å². The van der Waals surface area contributed by atoms with Crippen molar-refractivity contribution in [2.45, 2.75) is 39.5 Å². The first kappa shape index (κ1) is 24.3. The summed E-state index contributed by atoms with van der Waals surface area (Å²) in [7, 11) is 1.56. The number of hydrogen-bond donors (Lipinski definition) is 0. The molecule has 2 amide bonds. The largest absolute Gasteiger partial charge is 0.466 e. The number of likely N-dealkylation sites (tertiary alicyclic amines) is 1. The summed E-state index contributed by atoms with van der Waals surface area (Å²) in [4.78, 5) is 44.3. The van der Waals surface area contributed by atoms with E-state index >= 15 is 0 Å². The number of hydrogen-bond acceptors (Lipinski definition) is 7. The molecule has 0 spiro atoms. The van der Waals surface area contributed by atoms with Gasteiger partial charge in [0.1, 0.15) is 5.82 Å². The van der Waals surface area contributed by atoms with Crippen LogP contribution in [0.5, 0.6) is 0 Å². The molecule has 1 fully saturated rings. The monoisotopic (exact) mass is 460 g/mol. The standard InChI is InChI=1S/C23H29FN4O5/c1-4-32-23(31)17-6-5-11-28(13-17)21(30)14-27(3)20(29)10-9-19-25-22(26-33-19)16-8-7-15(2)18(24)12-16/h7-8,12,17H,4-6,9-11,13-14H2,1-3H3. The third-order valence-corrected chi connectivity index (χ3v) is 5.64. The molecule has 9 nitrogen and oxygen atoms in total. The van der Waals surface area contributed by atoms with E-state index < -0.39 is 0 Å². The van der Waals surface area contributed by atoms with Gasteiger partial charge in [0.2, 0.25) is 23.5 Å². The summed E-state index contributed by atoms with van der Waals surface area (Å²) in [5, 5.41) is 3.85. The molecule has 1 aromatic carbocycles. The number of likely N-dealkylation sites (N-methyl/N-ethyl adjacent to an activating group) is 1. The number of benzene rings is 1. The van der Waals surface area contributed by atoms with Gasteiger partial charge in [0.25, 0.3) is 0 Å². The van der Waals surface area contributed by atoms with Crippen LogP contribution in [0.2, 0.25) is 0 Å². The second-order valence-corrected chi connectivity index (χ2v) is 8.16. The third-order valence-electron chi connectivity index (χ3n) is 5.64. The lowest BCUT2D eigenvalue weighted by Gasteiger charge is -2.32. The first-order chi connectivity index (χ1) is 15.8. The maximum absolute atomic E-state index is 13.8. The molecular formula is C23H29FN4O5. The highest BCUT2D eigenvalue weighted by Gasteiger charge is 2.30. The highest BCUT2D eigenvalue weighted by atomic mass is 19.1. The van der Waals surface area contributed by atoms with E-state index in [1.165, 1.54) is 11.0 Å². The number of halogens is 1. The second kappa shape index (κ2) is 11.0. The van der Waals surface area contributed by atoms with Gasteiger partial charge in [0.05, 0.1) is 19.1 Å². The van der Waals surface area contributed by atoms with Gasteiger partial charge in [-0.1, -0.05) is 17.3 Å². The smallest absolute Gasteiger partial charge is 0.310 e. The second-order valence-electron chi connectivity index (χ2n) is 8.16. The number of carbonyl (C=O) groups excluding carboxylic acids is 3. The summed E-state index contributed by atoms with van der Waals surface area (Å²) < 4.78 is 24.0. The Labute approximate surface area is 191 Å². The number of piperidine rings is 1. The molecular weight excluding hydrogens is 431 g/mol. The van der Waals surface area contributed by atoms with Crippen molar-refractivity contribution >= 4 is 17.8 Å². The average Bonchev–Trinajstić information content (AvgIpc) is 3.28. The zero-order chi connectivity index (χ0) is 24.0. The van der Waals surface area contributed by atoms with Crippen molar-refractivity contribution < 1.29 is 28.0 Å². The van der Waals surface area contributed by atoms with Crippen LogP contribution in [0.3, 0.4) is 0 Å². The van der Waals surface area contributed by atoms with Crippen LogP contribution < -0.4 is 0 Å². The number of aryl methyl sites for hydroxylation is 2.